The molecule has 0 aliphatic carbocycles. The number of amides is 1. The monoisotopic (exact) mass is 256 g/mol. The van der Waals surface area contributed by atoms with Crippen LogP contribution in [0.15, 0.2) is 18.2 Å². The van der Waals surface area contributed by atoms with Crippen molar-refractivity contribution < 1.29 is 19.2 Å². The van der Waals surface area contributed by atoms with Gasteiger partial charge in [-0.05, 0) is 19.1 Å². The molecular weight excluding hydrogens is 243 g/mol. The molecule has 1 aromatic carbocycles. The maximum absolute atomic E-state index is 13.1. The quantitative estimate of drug-likeness (QED) is 0.647. The molecule has 7 heteroatoms. The van der Waals surface area contributed by atoms with Gasteiger partial charge < -0.3 is 10.0 Å². The number of aliphatic hydroxyl groups excluding tert-OH is 1. The zero-order valence-electron chi connectivity index (χ0n) is 9.96. The number of hydrogen-bond donors (Lipinski definition) is 1. The lowest BCUT2D eigenvalue weighted by Crippen LogP contribution is -2.37. The second-order valence-electron chi connectivity index (χ2n) is 3.87. The van der Waals surface area contributed by atoms with Crippen molar-refractivity contribution in [1.82, 2.24) is 4.90 Å². The fraction of sp³-hybridized carbons (Fsp3) is 0.364. The van der Waals surface area contributed by atoms with E-state index in [9.17, 15) is 19.3 Å². The summed E-state index contributed by atoms with van der Waals surface area (Å²) in [5.74, 6) is -1.43. The van der Waals surface area contributed by atoms with Gasteiger partial charge in [0.1, 0.15) is 11.4 Å². The van der Waals surface area contributed by atoms with E-state index >= 15 is 0 Å². The fourth-order valence-electron chi connectivity index (χ4n) is 1.35. The van der Waals surface area contributed by atoms with Crippen LogP contribution < -0.4 is 0 Å². The molecule has 0 spiro atoms. The van der Waals surface area contributed by atoms with Gasteiger partial charge in [0.15, 0.2) is 0 Å². The molecule has 18 heavy (non-hydrogen) atoms. The normalized spacial score (nSPS) is 12.0. The Labute approximate surface area is 103 Å². The summed E-state index contributed by atoms with van der Waals surface area (Å²) < 4.78 is 13.1. The lowest BCUT2D eigenvalue weighted by Gasteiger charge is -2.23. The molecular formula is C11H13FN2O4. The van der Waals surface area contributed by atoms with E-state index in [1.807, 2.05) is 0 Å². The van der Waals surface area contributed by atoms with Gasteiger partial charge in [-0.2, -0.15) is 0 Å². The Morgan fingerprint density at radius 2 is 2.22 bits per heavy atom. The number of halogens is 1. The number of nitro benzene ring substituents is 1. The standard InChI is InChI=1S/C11H13FN2O4/c1-7(6-15)13(2)11(16)9-5-8(12)3-4-10(9)14(17)18/h3-5,7,15H,6H2,1-2H3. The Kier molecular flexibility index (Phi) is 4.33. The number of carbonyl (C=O) groups is 1. The highest BCUT2D eigenvalue weighted by atomic mass is 19.1. The largest absolute Gasteiger partial charge is 0.394 e. The van der Waals surface area contributed by atoms with E-state index in [4.69, 9.17) is 5.11 Å². The summed E-state index contributed by atoms with van der Waals surface area (Å²) in [7, 11) is 1.39. The molecule has 0 radical (unpaired) electrons. The van der Waals surface area contributed by atoms with Crippen LogP contribution in [0.4, 0.5) is 10.1 Å². The fourth-order valence-corrected chi connectivity index (χ4v) is 1.35. The Balaban J connectivity index is 3.19. The summed E-state index contributed by atoms with van der Waals surface area (Å²) >= 11 is 0. The van der Waals surface area contributed by atoms with Crippen LogP contribution in [0.5, 0.6) is 0 Å². The number of nitrogens with zero attached hydrogens (tertiary/aromatic N) is 2. The van der Waals surface area contributed by atoms with Gasteiger partial charge in [0, 0.05) is 13.1 Å². The van der Waals surface area contributed by atoms with E-state index in [0.29, 0.717) is 0 Å². The third-order valence-electron chi connectivity index (χ3n) is 2.63. The first-order chi connectivity index (χ1) is 8.38. The van der Waals surface area contributed by atoms with E-state index in [1.165, 1.54) is 7.05 Å². The topological polar surface area (TPSA) is 83.7 Å². The number of hydrogen-bond acceptors (Lipinski definition) is 4. The Morgan fingerprint density at radius 1 is 1.61 bits per heavy atom. The van der Waals surface area contributed by atoms with E-state index in [2.05, 4.69) is 0 Å². The molecule has 6 nitrogen and oxygen atoms in total. The predicted octanol–water partition coefficient (Wildman–Crippen LogP) is 1.19. The summed E-state index contributed by atoms with van der Waals surface area (Å²) in [6, 6.07) is 2.17. The zero-order valence-corrected chi connectivity index (χ0v) is 9.96. The average Bonchev–Trinajstić information content (AvgIpc) is 2.35. The third-order valence-corrected chi connectivity index (χ3v) is 2.63. The van der Waals surface area contributed by atoms with Crippen LogP contribution in [-0.2, 0) is 0 Å². The molecule has 1 N–H and O–H groups in total. The van der Waals surface area contributed by atoms with Gasteiger partial charge in [-0.1, -0.05) is 0 Å². The number of nitro groups is 1. The molecule has 0 saturated carbocycles. The number of likely N-dealkylation sites (N-methyl/N-ethyl adjacent to an activating group) is 1. The summed E-state index contributed by atoms with van der Waals surface area (Å²) in [6.07, 6.45) is 0. The summed E-state index contributed by atoms with van der Waals surface area (Å²) in [4.78, 5) is 23.1. The first kappa shape index (κ1) is 14.0. The summed E-state index contributed by atoms with van der Waals surface area (Å²) in [5.41, 5.74) is -0.791. The molecule has 0 aromatic heterocycles. The van der Waals surface area contributed by atoms with E-state index in [0.717, 1.165) is 23.1 Å². The van der Waals surface area contributed by atoms with Crippen molar-refractivity contribution in [1.29, 1.82) is 0 Å². The Hall–Kier alpha value is -2.02. The zero-order chi connectivity index (χ0) is 13.9. The second-order valence-corrected chi connectivity index (χ2v) is 3.87. The van der Waals surface area contributed by atoms with Gasteiger partial charge >= 0.3 is 0 Å². The Bertz CT molecular complexity index is 478. The lowest BCUT2D eigenvalue weighted by molar-refractivity contribution is -0.385. The van der Waals surface area contributed by atoms with Gasteiger partial charge in [0.25, 0.3) is 11.6 Å². The van der Waals surface area contributed by atoms with Crippen LogP contribution >= 0.6 is 0 Å². The molecule has 0 fully saturated rings. The smallest absolute Gasteiger partial charge is 0.282 e. The SMILES string of the molecule is CC(CO)N(C)C(=O)c1cc(F)ccc1[N+](=O)[O-]. The highest BCUT2D eigenvalue weighted by Crippen LogP contribution is 2.21. The minimum Gasteiger partial charge on any atom is -0.394 e. The van der Waals surface area contributed by atoms with Crippen molar-refractivity contribution in [3.05, 3.63) is 39.7 Å². The molecule has 98 valence electrons. The second kappa shape index (κ2) is 5.54. The molecule has 1 atom stereocenters. The van der Waals surface area contributed by atoms with Crippen molar-refractivity contribution in [2.24, 2.45) is 0 Å². The highest BCUT2D eigenvalue weighted by molar-refractivity contribution is 5.98. The lowest BCUT2D eigenvalue weighted by atomic mass is 10.1. The summed E-state index contributed by atoms with van der Waals surface area (Å²) in [6.45, 7) is 1.29. The van der Waals surface area contributed by atoms with Crippen LogP contribution in [0.1, 0.15) is 17.3 Å². The molecule has 1 amide bonds. The van der Waals surface area contributed by atoms with Crippen molar-refractivity contribution in [2.75, 3.05) is 13.7 Å². The van der Waals surface area contributed by atoms with Crippen LogP contribution in [0.2, 0.25) is 0 Å². The molecule has 0 heterocycles. The minimum absolute atomic E-state index is 0.286. The maximum Gasteiger partial charge on any atom is 0.282 e. The molecule has 0 saturated heterocycles. The third kappa shape index (κ3) is 2.80. The molecule has 0 bridgehead atoms. The molecule has 1 aromatic rings. The van der Waals surface area contributed by atoms with Crippen LogP contribution in [-0.4, -0.2) is 40.5 Å². The number of rotatable bonds is 4. The van der Waals surface area contributed by atoms with Gasteiger partial charge in [-0.25, -0.2) is 4.39 Å². The molecule has 1 unspecified atom stereocenters. The van der Waals surface area contributed by atoms with Gasteiger partial charge in [0.2, 0.25) is 0 Å². The Morgan fingerprint density at radius 3 is 2.72 bits per heavy atom. The highest BCUT2D eigenvalue weighted by Gasteiger charge is 2.25. The van der Waals surface area contributed by atoms with Crippen LogP contribution in [0.3, 0.4) is 0 Å². The van der Waals surface area contributed by atoms with Crippen molar-refractivity contribution >= 4 is 11.6 Å². The molecule has 0 aliphatic rings. The summed E-state index contributed by atoms with van der Waals surface area (Å²) in [5, 5.41) is 19.7. The van der Waals surface area contributed by atoms with E-state index in [-0.39, 0.29) is 12.2 Å². The van der Waals surface area contributed by atoms with Gasteiger partial charge in [-0.3, -0.25) is 14.9 Å². The van der Waals surface area contributed by atoms with E-state index in [1.54, 1.807) is 6.92 Å². The minimum atomic E-state index is -0.746. The van der Waals surface area contributed by atoms with Crippen LogP contribution in [0, 0.1) is 15.9 Å². The van der Waals surface area contributed by atoms with E-state index < -0.39 is 28.4 Å². The molecule has 0 aliphatic heterocycles. The average molecular weight is 256 g/mol. The maximum atomic E-state index is 13.1. The van der Waals surface area contributed by atoms with Crippen molar-refractivity contribution in [3.63, 3.8) is 0 Å². The first-order valence-electron chi connectivity index (χ1n) is 5.20. The van der Waals surface area contributed by atoms with Crippen molar-refractivity contribution in [2.45, 2.75) is 13.0 Å². The number of carbonyl (C=O) groups excluding carboxylic acids is 1. The van der Waals surface area contributed by atoms with Gasteiger partial charge in [-0.15, -0.1) is 0 Å². The number of benzene rings is 1. The number of aliphatic hydroxyl groups is 1. The molecule has 1 rings (SSSR count). The van der Waals surface area contributed by atoms with Gasteiger partial charge in [0.05, 0.1) is 17.6 Å². The van der Waals surface area contributed by atoms with Crippen LogP contribution in [0.25, 0.3) is 0 Å². The predicted molar refractivity (Wildman–Crippen MR) is 61.7 cm³/mol. The van der Waals surface area contributed by atoms with Crippen molar-refractivity contribution in [3.8, 4) is 0 Å². The first-order valence-corrected chi connectivity index (χ1v) is 5.20.